The van der Waals surface area contributed by atoms with Gasteiger partial charge in [-0.2, -0.15) is 0 Å². The Morgan fingerprint density at radius 1 is 0.889 bits per heavy atom. The summed E-state index contributed by atoms with van der Waals surface area (Å²) in [6, 6.07) is 26.3. The van der Waals surface area contributed by atoms with E-state index in [1.54, 1.807) is 24.3 Å². The number of carbonyl (C=O) groups is 2. The van der Waals surface area contributed by atoms with Gasteiger partial charge in [-0.1, -0.05) is 42.5 Å². The molecule has 2 N–H and O–H groups in total. The second-order valence-electron chi connectivity index (χ2n) is 8.50. The van der Waals surface area contributed by atoms with E-state index in [0.29, 0.717) is 18.9 Å². The number of primary amides is 1. The second kappa shape index (κ2) is 10.3. The highest BCUT2D eigenvalue weighted by molar-refractivity contribution is 5.97. The van der Waals surface area contributed by atoms with Gasteiger partial charge in [-0.05, 0) is 65.6 Å². The summed E-state index contributed by atoms with van der Waals surface area (Å²) in [5.74, 6) is 0.869. The minimum Gasteiger partial charge on any atom is -0.489 e. The van der Waals surface area contributed by atoms with Crippen molar-refractivity contribution < 1.29 is 19.1 Å². The Bertz CT molecular complexity index is 1390. The molecule has 7 nitrogen and oxygen atoms in total. The van der Waals surface area contributed by atoms with Crippen molar-refractivity contribution in [2.75, 3.05) is 11.4 Å². The molecule has 1 aliphatic heterocycles. The van der Waals surface area contributed by atoms with Gasteiger partial charge < -0.3 is 20.1 Å². The largest absolute Gasteiger partial charge is 0.489 e. The fraction of sp³-hybridized carbons (Fsp3) is 0.138. The van der Waals surface area contributed by atoms with E-state index in [2.05, 4.69) is 4.98 Å². The van der Waals surface area contributed by atoms with Crippen LogP contribution in [0.1, 0.15) is 27.0 Å². The Labute approximate surface area is 209 Å². The molecular formula is C29H25N3O4. The summed E-state index contributed by atoms with van der Waals surface area (Å²) in [4.78, 5) is 30.5. The van der Waals surface area contributed by atoms with Crippen LogP contribution in [-0.4, -0.2) is 23.3 Å². The molecule has 3 aromatic carbocycles. The standard InChI is InChI=1S/C29H25N3O4/c30-28(34)25-7-4-15-31-29(25)36-23-10-8-20(9-11-23)17-27(33)32-16-14-22-18-24(12-13-26(22)32)35-19-21-5-2-1-3-6-21/h1-13,15,18H,14,16-17,19H2,(H2,30,34). The summed E-state index contributed by atoms with van der Waals surface area (Å²) in [7, 11) is 0. The Hall–Kier alpha value is -4.65. The summed E-state index contributed by atoms with van der Waals surface area (Å²) in [5, 5.41) is 0. The molecule has 180 valence electrons. The van der Waals surface area contributed by atoms with Gasteiger partial charge in [-0.25, -0.2) is 4.98 Å². The van der Waals surface area contributed by atoms with Crippen LogP contribution in [0.25, 0.3) is 0 Å². The van der Waals surface area contributed by atoms with Gasteiger partial charge in [0.2, 0.25) is 11.8 Å². The van der Waals surface area contributed by atoms with Crippen molar-refractivity contribution in [2.24, 2.45) is 5.73 Å². The molecule has 2 amide bonds. The van der Waals surface area contributed by atoms with Gasteiger partial charge in [0.05, 0.1) is 6.42 Å². The van der Waals surface area contributed by atoms with Gasteiger partial charge in [-0.15, -0.1) is 0 Å². The molecule has 0 spiro atoms. The summed E-state index contributed by atoms with van der Waals surface area (Å²) >= 11 is 0. The molecule has 0 fully saturated rings. The lowest BCUT2D eigenvalue weighted by atomic mass is 10.1. The zero-order chi connectivity index (χ0) is 24.9. The maximum Gasteiger partial charge on any atom is 0.254 e. The van der Waals surface area contributed by atoms with E-state index in [4.69, 9.17) is 15.2 Å². The first kappa shape index (κ1) is 23.1. The molecule has 36 heavy (non-hydrogen) atoms. The van der Waals surface area contributed by atoms with Crippen LogP contribution in [-0.2, 0) is 24.2 Å². The van der Waals surface area contributed by atoms with Crippen LogP contribution in [0.15, 0.2) is 91.1 Å². The molecular weight excluding hydrogens is 454 g/mol. The van der Waals surface area contributed by atoms with Crippen molar-refractivity contribution in [1.29, 1.82) is 0 Å². The monoisotopic (exact) mass is 479 g/mol. The number of aromatic nitrogens is 1. The van der Waals surface area contributed by atoms with E-state index in [1.807, 2.05) is 65.6 Å². The maximum absolute atomic E-state index is 13.1. The molecule has 7 heteroatoms. The van der Waals surface area contributed by atoms with Crippen molar-refractivity contribution in [1.82, 2.24) is 4.98 Å². The number of benzene rings is 3. The van der Waals surface area contributed by atoms with Gasteiger partial charge in [0.1, 0.15) is 23.7 Å². The number of anilines is 1. The smallest absolute Gasteiger partial charge is 0.254 e. The van der Waals surface area contributed by atoms with E-state index >= 15 is 0 Å². The van der Waals surface area contributed by atoms with Crippen LogP contribution in [0.2, 0.25) is 0 Å². The van der Waals surface area contributed by atoms with Gasteiger partial charge >= 0.3 is 0 Å². The number of pyridine rings is 1. The summed E-state index contributed by atoms with van der Waals surface area (Å²) in [6.07, 6.45) is 2.59. The molecule has 0 atom stereocenters. The number of ether oxygens (including phenoxy) is 2. The number of fused-ring (bicyclic) bond motifs is 1. The minimum absolute atomic E-state index is 0.0288. The van der Waals surface area contributed by atoms with Crippen molar-refractivity contribution in [3.63, 3.8) is 0 Å². The van der Waals surface area contributed by atoms with Crippen molar-refractivity contribution >= 4 is 17.5 Å². The molecule has 0 unspecified atom stereocenters. The number of amides is 2. The topological polar surface area (TPSA) is 94.8 Å². The lowest BCUT2D eigenvalue weighted by Crippen LogP contribution is -2.30. The lowest BCUT2D eigenvalue weighted by molar-refractivity contribution is -0.117. The van der Waals surface area contributed by atoms with E-state index < -0.39 is 5.91 Å². The fourth-order valence-electron chi connectivity index (χ4n) is 4.18. The fourth-order valence-corrected chi connectivity index (χ4v) is 4.18. The number of hydrogen-bond donors (Lipinski definition) is 1. The molecule has 5 rings (SSSR count). The van der Waals surface area contributed by atoms with Crippen LogP contribution < -0.4 is 20.1 Å². The number of nitrogens with two attached hydrogens (primary N) is 1. The number of hydrogen-bond acceptors (Lipinski definition) is 5. The predicted octanol–water partition coefficient (Wildman–Crippen LogP) is 4.68. The molecule has 0 saturated carbocycles. The highest BCUT2D eigenvalue weighted by Gasteiger charge is 2.25. The van der Waals surface area contributed by atoms with Crippen LogP contribution in [0.4, 0.5) is 5.69 Å². The average Bonchev–Trinajstić information content (AvgIpc) is 3.33. The number of carbonyl (C=O) groups excluding carboxylic acids is 2. The third-order valence-corrected chi connectivity index (χ3v) is 6.03. The zero-order valence-electron chi connectivity index (χ0n) is 19.6. The van der Waals surface area contributed by atoms with E-state index in [0.717, 1.165) is 34.5 Å². The van der Waals surface area contributed by atoms with Gasteiger partial charge in [-0.3, -0.25) is 9.59 Å². The molecule has 1 aliphatic rings. The summed E-state index contributed by atoms with van der Waals surface area (Å²) in [6.45, 7) is 1.15. The number of nitrogens with zero attached hydrogens (tertiary/aromatic N) is 2. The van der Waals surface area contributed by atoms with Crippen LogP contribution in [0.3, 0.4) is 0 Å². The Morgan fingerprint density at radius 2 is 1.67 bits per heavy atom. The minimum atomic E-state index is -0.610. The average molecular weight is 480 g/mol. The normalized spacial score (nSPS) is 12.2. The van der Waals surface area contributed by atoms with Crippen molar-refractivity contribution in [3.8, 4) is 17.4 Å². The second-order valence-corrected chi connectivity index (χ2v) is 8.50. The first-order valence-corrected chi connectivity index (χ1v) is 11.7. The van der Waals surface area contributed by atoms with E-state index in [9.17, 15) is 9.59 Å². The first-order chi connectivity index (χ1) is 17.6. The Kier molecular flexibility index (Phi) is 6.62. The van der Waals surface area contributed by atoms with Gasteiger partial charge in [0.25, 0.3) is 5.91 Å². The van der Waals surface area contributed by atoms with Crippen molar-refractivity contribution in [3.05, 3.63) is 113 Å². The number of rotatable bonds is 8. The highest BCUT2D eigenvalue weighted by atomic mass is 16.5. The summed E-state index contributed by atoms with van der Waals surface area (Å²) < 4.78 is 11.7. The Morgan fingerprint density at radius 3 is 2.44 bits per heavy atom. The van der Waals surface area contributed by atoms with Gasteiger partial charge in [0.15, 0.2) is 0 Å². The van der Waals surface area contributed by atoms with E-state index in [1.165, 1.54) is 6.20 Å². The molecule has 0 saturated heterocycles. The predicted molar refractivity (Wildman–Crippen MR) is 136 cm³/mol. The van der Waals surface area contributed by atoms with E-state index in [-0.39, 0.29) is 23.8 Å². The Balaban J connectivity index is 1.21. The molecule has 0 bridgehead atoms. The zero-order valence-corrected chi connectivity index (χ0v) is 19.6. The van der Waals surface area contributed by atoms with Gasteiger partial charge in [0, 0.05) is 18.4 Å². The maximum atomic E-state index is 13.1. The lowest BCUT2D eigenvalue weighted by Gasteiger charge is -2.18. The molecule has 4 aromatic rings. The van der Waals surface area contributed by atoms with Crippen LogP contribution in [0, 0.1) is 0 Å². The third-order valence-electron chi connectivity index (χ3n) is 6.03. The quantitative estimate of drug-likeness (QED) is 0.396. The first-order valence-electron chi connectivity index (χ1n) is 11.7. The molecule has 0 radical (unpaired) electrons. The SMILES string of the molecule is NC(=O)c1cccnc1Oc1ccc(CC(=O)N2CCc3cc(OCc4ccccc4)ccc32)cc1. The molecule has 0 aliphatic carbocycles. The van der Waals surface area contributed by atoms with Crippen LogP contribution in [0.5, 0.6) is 17.4 Å². The summed E-state index contributed by atoms with van der Waals surface area (Å²) in [5.41, 5.74) is 9.60. The van der Waals surface area contributed by atoms with Crippen molar-refractivity contribution in [2.45, 2.75) is 19.4 Å². The van der Waals surface area contributed by atoms with Crippen LogP contribution >= 0.6 is 0 Å². The highest BCUT2D eigenvalue weighted by Crippen LogP contribution is 2.32. The molecule has 2 heterocycles. The third kappa shape index (κ3) is 5.20. The molecule has 1 aromatic heterocycles.